The van der Waals surface area contributed by atoms with Crippen LogP contribution in [0, 0.1) is 0 Å². The SMILES string of the molecule is O=C(Nc1ccccc1C1CCCC1)c1ccc(C2CCCCC2)cc1. The van der Waals surface area contributed by atoms with Gasteiger partial charge >= 0.3 is 0 Å². The summed E-state index contributed by atoms with van der Waals surface area (Å²) in [6.45, 7) is 0. The molecule has 0 bridgehead atoms. The first-order valence-corrected chi connectivity index (χ1v) is 10.3. The lowest BCUT2D eigenvalue weighted by Gasteiger charge is -2.22. The molecule has 2 saturated carbocycles. The molecule has 2 fully saturated rings. The molecule has 0 atom stereocenters. The van der Waals surface area contributed by atoms with Gasteiger partial charge in [0.05, 0.1) is 0 Å². The molecule has 0 saturated heterocycles. The van der Waals surface area contributed by atoms with Crippen molar-refractivity contribution in [2.75, 3.05) is 5.32 Å². The largest absolute Gasteiger partial charge is 0.322 e. The Hall–Kier alpha value is -2.09. The van der Waals surface area contributed by atoms with Gasteiger partial charge in [-0.25, -0.2) is 0 Å². The lowest BCUT2D eigenvalue weighted by atomic mass is 9.84. The number of rotatable bonds is 4. The molecule has 2 aromatic rings. The molecule has 0 unspecified atom stereocenters. The van der Waals surface area contributed by atoms with Gasteiger partial charge in [-0.2, -0.15) is 0 Å². The van der Waals surface area contributed by atoms with E-state index in [2.05, 4.69) is 29.6 Å². The number of nitrogens with one attached hydrogen (secondary N) is 1. The quantitative estimate of drug-likeness (QED) is 0.659. The van der Waals surface area contributed by atoms with Crippen molar-refractivity contribution in [2.45, 2.75) is 69.6 Å². The first-order chi connectivity index (χ1) is 12.8. The Morgan fingerprint density at radius 3 is 2.08 bits per heavy atom. The maximum Gasteiger partial charge on any atom is 0.255 e. The molecular weight excluding hydrogens is 318 g/mol. The first kappa shape index (κ1) is 17.3. The van der Waals surface area contributed by atoms with Crippen LogP contribution in [0.2, 0.25) is 0 Å². The molecule has 2 aromatic carbocycles. The monoisotopic (exact) mass is 347 g/mol. The molecule has 136 valence electrons. The van der Waals surface area contributed by atoms with E-state index < -0.39 is 0 Å². The number of hydrogen-bond acceptors (Lipinski definition) is 1. The van der Waals surface area contributed by atoms with Gasteiger partial charge < -0.3 is 5.32 Å². The lowest BCUT2D eigenvalue weighted by Crippen LogP contribution is -2.14. The van der Waals surface area contributed by atoms with Crippen molar-refractivity contribution in [3.63, 3.8) is 0 Å². The van der Waals surface area contributed by atoms with Crippen molar-refractivity contribution < 1.29 is 4.79 Å². The van der Waals surface area contributed by atoms with Crippen molar-refractivity contribution in [3.8, 4) is 0 Å². The standard InChI is InChI=1S/C24H29NO/c26-24(21-16-14-19(15-17-21)18-8-2-1-3-9-18)25-23-13-7-6-12-22(23)20-10-4-5-11-20/h6-7,12-18,20H,1-5,8-11H2,(H,25,26). The molecule has 0 aliphatic heterocycles. The number of anilines is 1. The van der Waals surface area contributed by atoms with Gasteiger partial charge in [-0.15, -0.1) is 0 Å². The maximum atomic E-state index is 12.8. The zero-order valence-corrected chi connectivity index (χ0v) is 15.5. The number of amides is 1. The zero-order chi connectivity index (χ0) is 17.8. The van der Waals surface area contributed by atoms with Gasteiger partial charge in [0.25, 0.3) is 5.91 Å². The molecule has 0 radical (unpaired) electrons. The predicted octanol–water partition coefficient (Wildman–Crippen LogP) is 6.64. The number of carbonyl (C=O) groups is 1. The Morgan fingerprint density at radius 2 is 1.35 bits per heavy atom. The van der Waals surface area contributed by atoms with Gasteiger partial charge in [-0.05, 0) is 66.8 Å². The summed E-state index contributed by atoms with van der Waals surface area (Å²) in [6.07, 6.45) is 11.7. The minimum absolute atomic E-state index is 0.00522. The average Bonchev–Trinajstić information content (AvgIpc) is 3.24. The summed E-state index contributed by atoms with van der Waals surface area (Å²) >= 11 is 0. The molecule has 2 aliphatic carbocycles. The fourth-order valence-corrected chi connectivity index (χ4v) is 4.74. The Labute approximate surface area is 157 Å². The number of para-hydroxylation sites is 1. The molecule has 0 aromatic heterocycles. The third-order valence-corrected chi connectivity index (χ3v) is 6.25. The fraction of sp³-hybridized carbons (Fsp3) is 0.458. The molecule has 4 rings (SSSR count). The van der Waals surface area contributed by atoms with E-state index >= 15 is 0 Å². The maximum absolute atomic E-state index is 12.8. The van der Waals surface area contributed by atoms with Crippen LogP contribution in [0.4, 0.5) is 5.69 Å². The van der Waals surface area contributed by atoms with Crippen molar-refractivity contribution >= 4 is 11.6 Å². The highest BCUT2D eigenvalue weighted by Gasteiger charge is 2.21. The summed E-state index contributed by atoms with van der Waals surface area (Å²) in [4.78, 5) is 12.8. The van der Waals surface area contributed by atoms with Gasteiger partial charge in [0, 0.05) is 11.3 Å². The van der Waals surface area contributed by atoms with Gasteiger partial charge in [-0.1, -0.05) is 62.4 Å². The van der Waals surface area contributed by atoms with Crippen LogP contribution in [0.5, 0.6) is 0 Å². The zero-order valence-electron chi connectivity index (χ0n) is 15.5. The summed E-state index contributed by atoms with van der Waals surface area (Å²) in [7, 11) is 0. The highest BCUT2D eigenvalue weighted by molar-refractivity contribution is 6.04. The van der Waals surface area contributed by atoms with Crippen molar-refractivity contribution in [1.82, 2.24) is 0 Å². The fourth-order valence-electron chi connectivity index (χ4n) is 4.74. The minimum atomic E-state index is 0.00522. The molecule has 26 heavy (non-hydrogen) atoms. The second kappa shape index (κ2) is 8.07. The van der Waals surface area contributed by atoms with Crippen LogP contribution in [0.3, 0.4) is 0 Å². The van der Waals surface area contributed by atoms with Crippen LogP contribution in [0.15, 0.2) is 48.5 Å². The molecule has 1 amide bonds. The molecule has 1 N–H and O–H groups in total. The van der Waals surface area contributed by atoms with Gasteiger partial charge in [0.1, 0.15) is 0 Å². The summed E-state index contributed by atoms with van der Waals surface area (Å²) in [5.74, 6) is 1.29. The third-order valence-electron chi connectivity index (χ3n) is 6.25. The van der Waals surface area contributed by atoms with E-state index in [9.17, 15) is 4.79 Å². The van der Waals surface area contributed by atoms with Gasteiger partial charge in [-0.3, -0.25) is 4.79 Å². The number of carbonyl (C=O) groups excluding carboxylic acids is 1. The normalized spacial score (nSPS) is 18.8. The van der Waals surface area contributed by atoms with E-state index in [1.54, 1.807) is 0 Å². The highest BCUT2D eigenvalue weighted by Crippen LogP contribution is 2.38. The Balaban J connectivity index is 1.46. The van der Waals surface area contributed by atoms with Crippen LogP contribution in [0.1, 0.15) is 91.1 Å². The summed E-state index contributed by atoms with van der Waals surface area (Å²) < 4.78 is 0. The van der Waals surface area contributed by atoms with E-state index in [0.29, 0.717) is 11.8 Å². The summed E-state index contributed by atoms with van der Waals surface area (Å²) in [6, 6.07) is 16.6. The van der Waals surface area contributed by atoms with E-state index in [4.69, 9.17) is 0 Å². The van der Waals surface area contributed by atoms with Gasteiger partial charge in [0.2, 0.25) is 0 Å². The Morgan fingerprint density at radius 1 is 0.731 bits per heavy atom. The molecule has 2 heteroatoms. The van der Waals surface area contributed by atoms with E-state index in [1.165, 1.54) is 68.9 Å². The molecule has 0 heterocycles. The van der Waals surface area contributed by atoms with Crippen LogP contribution in [-0.4, -0.2) is 5.91 Å². The molecule has 2 nitrogen and oxygen atoms in total. The van der Waals surface area contributed by atoms with Gasteiger partial charge in [0.15, 0.2) is 0 Å². The first-order valence-electron chi connectivity index (χ1n) is 10.3. The van der Waals surface area contributed by atoms with E-state index in [0.717, 1.165) is 11.3 Å². The second-order valence-electron chi connectivity index (χ2n) is 7.98. The Bertz CT molecular complexity index is 737. The van der Waals surface area contributed by atoms with Crippen LogP contribution in [0.25, 0.3) is 0 Å². The van der Waals surface area contributed by atoms with Crippen molar-refractivity contribution in [3.05, 3.63) is 65.2 Å². The smallest absolute Gasteiger partial charge is 0.255 e. The second-order valence-corrected chi connectivity index (χ2v) is 7.98. The number of benzene rings is 2. The number of hydrogen-bond donors (Lipinski definition) is 1. The minimum Gasteiger partial charge on any atom is -0.322 e. The van der Waals surface area contributed by atoms with Crippen molar-refractivity contribution in [1.29, 1.82) is 0 Å². The lowest BCUT2D eigenvalue weighted by molar-refractivity contribution is 0.102. The predicted molar refractivity (Wildman–Crippen MR) is 108 cm³/mol. The average molecular weight is 348 g/mol. The molecular formula is C24H29NO. The third kappa shape index (κ3) is 3.85. The van der Waals surface area contributed by atoms with Crippen molar-refractivity contribution in [2.24, 2.45) is 0 Å². The van der Waals surface area contributed by atoms with Crippen LogP contribution < -0.4 is 5.32 Å². The summed E-state index contributed by atoms with van der Waals surface area (Å²) in [5, 5.41) is 3.16. The summed E-state index contributed by atoms with van der Waals surface area (Å²) in [5.41, 5.74) is 4.44. The van der Waals surface area contributed by atoms with Crippen LogP contribution >= 0.6 is 0 Å². The molecule has 2 aliphatic rings. The van der Waals surface area contributed by atoms with E-state index in [1.807, 2.05) is 24.3 Å². The molecule has 0 spiro atoms. The highest BCUT2D eigenvalue weighted by atomic mass is 16.1. The van der Waals surface area contributed by atoms with E-state index in [-0.39, 0.29) is 5.91 Å². The Kier molecular flexibility index (Phi) is 5.38. The topological polar surface area (TPSA) is 29.1 Å². The van der Waals surface area contributed by atoms with Crippen LogP contribution in [-0.2, 0) is 0 Å².